The summed E-state index contributed by atoms with van der Waals surface area (Å²) in [6, 6.07) is 9.45. The summed E-state index contributed by atoms with van der Waals surface area (Å²) >= 11 is 0. The summed E-state index contributed by atoms with van der Waals surface area (Å²) in [5.41, 5.74) is 0.805. The van der Waals surface area contributed by atoms with Crippen molar-refractivity contribution in [2.24, 2.45) is 4.99 Å². The van der Waals surface area contributed by atoms with Crippen LogP contribution in [0.5, 0.6) is 0 Å². The summed E-state index contributed by atoms with van der Waals surface area (Å²) < 4.78 is 10.2. The number of esters is 1. The Balaban J connectivity index is 2.62. The van der Waals surface area contributed by atoms with Crippen molar-refractivity contribution in [3.8, 4) is 0 Å². The lowest BCUT2D eigenvalue weighted by Crippen LogP contribution is -2.03. The second-order valence-corrected chi connectivity index (χ2v) is 3.58. The smallest absolute Gasteiger partial charge is 0.334 e. The minimum absolute atomic E-state index is 0.347. The average molecular weight is 247 g/mol. The molecule has 0 heterocycles. The highest BCUT2D eigenvalue weighted by atomic mass is 16.5. The Bertz CT molecular complexity index is 449. The molecule has 0 spiro atoms. The monoisotopic (exact) mass is 247 g/mol. The Hall–Kier alpha value is -2.10. The van der Waals surface area contributed by atoms with Gasteiger partial charge in [0.1, 0.15) is 5.76 Å². The van der Waals surface area contributed by atoms with Crippen molar-refractivity contribution in [3.63, 3.8) is 0 Å². The Labute approximate surface area is 107 Å². The third-order valence-corrected chi connectivity index (χ3v) is 1.96. The van der Waals surface area contributed by atoms with E-state index in [0.717, 1.165) is 5.69 Å². The molecule has 4 heteroatoms. The van der Waals surface area contributed by atoms with E-state index in [-0.39, 0.29) is 0 Å². The molecular formula is C14H17NO3. The molecule has 0 unspecified atom stereocenters. The highest BCUT2D eigenvalue weighted by Crippen LogP contribution is 2.11. The molecule has 0 aliphatic carbocycles. The van der Waals surface area contributed by atoms with E-state index in [1.165, 1.54) is 6.08 Å². The number of hydrogen-bond acceptors (Lipinski definition) is 4. The lowest BCUT2D eigenvalue weighted by molar-refractivity contribution is -0.137. The van der Waals surface area contributed by atoms with Gasteiger partial charge in [0.05, 0.1) is 18.4 Å². The average Bonchev–Trinajstić information content (AvgIpc) is 2.29. The normalized spacial score (nSPS) is 12.2. The standard InChI is InChI=1S/C14H17NO3/c1-4-17-14(16)10-11(2)18-12(3)15-13-8-6-5-7-9-13/h5-10H,4H2,1-3H3. The van der Waals surface area contributed by atoms with Gasteiger partial charge >= 0.3 is 5.97 Å². The van der Waals surface area contributed by atoms with Crippen molar-refractivity contribution in [1.29, 1.82) is 0 Å². The van der Waals surface area contributed by atoms with Crippen molar-refractivity contribution >= 4 is 17.6 Å². The zero-order valence-corrected chi connectivity index (χ0v) is 10.8. The zero-order valence-electron chi connectivity index (χ0n) is 10.8. The fraction of sp³-hybridized carbons (Fsp3) is 0.286. The Morgan fingerprint density at radius 1 is 1.28 bits per heavy atom. The first kappa shape index (κ1) is 14.0. The van der Waals surface area contributed by atoms with E-state index < -0.39 is 5.97 Å². The quantitative estimate of drug-likeness (QED) is 0.270. The van der Waals surface area contributed by atoms with Crippen LogP contribution in [-0.2, 0) is 14.3 Å². The molecule has 0 bridgehead atoms. The summed E-state index contributed by atoms with van der Waals surface area (Å²) in [7, 11) is 0. The number of hydrogen-bond donors (Lipinski definition) is 0. The number of allylic oxidation sites excluding steroid dienone is 1. The summed E-state index contributed by atoms with van der Waals surface area (Å²) in [6.07, 6.45) is 1.30. The van der Waals surface area contributed by atoms with Crippen molar-refractivity contribution in [3.05, 3.63) is 42.2 Å². The van der Waals surface area contributed by atoms with Crippen LogP contribution in [0, 0.1) is 0 Å². The van der Waals surface area contributed by atoms with Crippen LogP contribution in [-0.4, -0.2) is 18.5 Å². The first-order valence-corrected chi connectivity index (χ1v) is 5.75. The number of ether oxygens (including phenoxy) is 2. The molecule has 0 saturated carbocycles. The van der Waals surface area contributed by atoms with Crippen LogP contribution in [0.4, 0.5) is 5.69 Å². The van der Waals surface area contributed by atoms with E-state index in [0.29, 0.717) is 18.3 Å². The van der Waals surface area contributed by atoms with E-state index in [9.17, 15) is 4.79 Å². The first-order valence-electron chi connectivity index (χ1n) is 5.75. The molecule has 1 aromatic rings. The van der Waals surface area contributed by atoms with Gasteiger partial charge < -0.3 is 9.47 Å². The summed E-state index contributed by atoms with van der Waals surface area (Å²) in [6.45, 7) is 5.51. The molecule has 0 aromatic heterocycles. The van der Waals surface area contributed by atoms with Gasteiger partial charge in [0.15, 0.2) is 5.90 Å². The van der Waals surface area contributed by atoms with Crippen molar-refractivity contribution in [2.45, 2.75) is 20.8 Å². The van der Waals surface area contributed by atoms with Crippen LogP contribution in [0.15, 0.2) is 47.2 Å². The third kappa shape index (κ3) is 5.30. The molecule has 0 fully saturated rings. The van der Waals surface area contributed by atoms with Crippen molar-refractivity contribution in [1.82, 2.24) is 0 Å². The van der Waals surface area contributed by atoms with Gasteiger partial charge in [0.25, 0.3) is 0 Å². The van der Waals surface area contributed by atoms with Crippen molar-refractivity contribution < 1.29 is 14.3 Å². The number of carbonyl (C=O) groups is 1. The number of benzene rings is 1. The van der Waals surface area contributed by atoms with Crippen LogP contribution < -0.4 is 0 Å². The number of para-hydroxylation sites is 1. The van der Waals surface area contributed by atoms with E-state index >= 15 is 0 Å². The Kier molecular flexibility index (Phi) is 5.64. The van der Waals surface area contributed by atoms with Crippen LogP contribution in [0.2, 0.25) is 0 Å². The molecule has 0 saturated heterocycles. The van der Waals surface area contributed by atoms with Crippen LogP contribution in [0.1, 0.15) is 20.8 Å². The molecule has 1 aromatic carbocycles. The summed E-state index contributed by atoms with van der Waals surface area (Å²) in [5.74, 6) is 0.507. The first-order chi connectivity index (χ1) is 8.61. The predicted molar refractivity (Wildman–Crippen MR) is 70.7 cm³/mol. The molecule has 0 aliphatic heterocycles. The van der Waals surface area contributed by atoms with Gasteiger partial charge in [-0.25, -0.2) is 9.79 Å². The molecule has 1 rings (SSSR count). The maximum Gasteiger partial charge on any atom is 0.334 e. The number of rotatable bonds is 4. The highest BCUT2D eigenvalue weighted by molar-refractivity contribution is 5.83. The number of carbonyl (C=O) groups excluding carboxylic acids is 1. The zero-order chi connectivity index (χ0) is 13.4. The predicted octanol–water partition coefficient (Wildman–Crippen LogP) is 3.22. The molecule has 96 valence electrons. The number of nitrogens with zero attached hydrogens (tertiary/aromatic N) is 1. The van der Waals surface area contributed by atoms with Gasteiger partial charge in [-0.15, -0.1) is 0 Å². The lowest BCUT2D eigenvalue weighted by Gasteiger charge is -2.05. The van der Waals surface area contributed by atoms with Crippen LogP contribution in [0.25, 0.3) is 0 Å². The fourth-order valence-electron chi connectivity index (χ4n) is 1.32. The molecule has 0 N–H and O–H groups in total. The minimum atomic E-state index is -0.414. The largest absolute Gasteiger partial charge is 0.463 e. The van der Waals surface area contributed by atoms with Crippen molar-refractivity contribution in [2.75, 3.05) is 6.61 Å². The fourth-order valence-corrected chi connectivity index (χ4v) is 1.32. The van der Waals surface area contributed by atoms with Gasteiger partial charge in [0.2, 0.25) is 0 Å². The maximum atomic E-state index is 11.2. The number of aliphatic imine (C=N–C) groups is 1. The minimum Gasteiger partial charge on any atom is -0.463 e. The summed E-state index contributed by atoms with van der Waals surface area (Å²) in [5, 5.41) is 0. The molecule has 4 nitrogen and oxygen atoms in total. The van der Waals surface area contributed by atoms with E-state index in [1.807, 2.05) is 30.3 Å². The molecule has 0 aliphatic rings. The Morgan fingerprint density at radius 3 is 2.56 bits per heavy atom. The van der Waals surface area contributed by atoms with E-state index in [4.69, 9.17) is 9.47 Å². The van der Waals surface area contributed by atoms with Gasteiger partial charge in [0, 0.05) is 6.92 Å². The second-order valence-electron chi connectivity index (χ2n) is 3.58. The maximum absolute atomic E-state index is 11.2. The SMILES string of the molecule is CCOC(=O)C=C(C)OC(C)=Nc1ccccc1. The van der Waals surface area contributed by atoms with Crippen LogP contribution >= 0.6 is 0 Å². The molecular weight excluding hydrogens is 230 g/mol. The molecule has 18 heavy (non-hydrogen) atoms. The van der Waals surface area contributed by atoms with Gasteiger partial charge in [-0.2, -0.15) is 0 Å². The van der Waals surface area contributed by atoms with E-state index in [1.54, 1.807) is 20.8 Å². The van der Waals surface area contributed by atoms with Gasteiger partial charge in [-0.1, -0.05) is 18.2 Å². The molecule has 0 atom stereocenters. The topological polar surface area (TPSA) is 47.9 Å². The Morgan fingerprint density at radius 2 is 1.94 bits per heavy atom. The molecule has 0 amide bonds. The second kappa shape index (κ2) is 7.27. The molecule has 0 radical (unpaired) electrons. The van der Waals surface area contributed by atoms with E-state index in [2.05, 4.69) is 4.99 Å². The lowest BCUT2D eigenvalue weighted by atomic mass is 10.3. The van der Waals surface area contributed by atoms with Gasteiger partial charge in [-0.3, -0.25) is 0 Å². The summed E-state index contributed by atoms with van der Waals surface area (Å²) in [4.78, 5) is 15.4. The third-order valence-electron chi connectivity index (χ3n) is 1.96. The van der Waals surface area contributed by atoms with Gasteiger partial charge in [-0.05, 0) is 26.0 Å². The highest BCUT2D eigenvalue weighted by Gasteiger charge is 2.01. The van der Waals surface area contributed by atoms with Crippen LogP contribution in [0.3, 0.4) is 0 Å².